The molecule has 2 aromatic rings. The number of nitrogens with zero attached hydrogens (tertiary/aromatic N) is 1. The zero-order valence-electron chi connectivity index (χ0n) is 11.9. The lowest BCUT2D eigenvalue weighted by Crippen LogP contribution is -2.17. The summed E-state index contributed by atoms with van der Waals surface area (Å²) in [7, 11) is 0. The van der Waals surface area contributed by atoms with Crippen molar-refractivity contribution in [3.05, 3.63) is 59.7 Å². The van der Waals surface area contributed by atoms with Gasteiger partial charge in [0.1, 0.15) is 18.2 Å². The van der Waals surface area contributed by atoms with Gasteiger partial charge in [-0.25, -0.2) is 13.8 Å². The van der Waals surface area contributed by atoms with Crippen LogP contribution in [0.15, 0.2) is 47.5 Å². The van der Waals surface area contributed by atoms with Crippen LogP contribution >= 0.6 is 0 Å². The van der Waals surface area contributed by atoms with Gasteiger partial charge in [-0.3, -0.25) is 0 Å². The first-order valence-electron chi connectivity index (χ1n) is 6.73. The molecule has 0 bridgehead atoms. The van der Waals surface area contributed by atoms with Gasteiger partial charge in [0.2, 0.25) is 5.90 Å². The third-order valence-corrected chi connectivity index (χ3v) is 3.33. The van der Waals surface area contributed by atoms with Crippen molar-refractivity contribution in [1.82, 2.24) is 0 Å². The Labute approximate surface area is 122 Å². The van der Waals surface area contributed by atoms with Crippen molar-refractivity contribution in [2.75, 3.05) is 6.61 Å². The molecule has 0 radical (unpaired) electrons. The van der Waals surface area contributed by atoms with Gasteiger partial charge in [0.25, 0.3) is 0 Å². The van der Waals surface area contributed by atoms with Gasteiger partial charge in [-0.2, -0.15) is 0 Å². The zero-order chi connectivity index (χ0) is 15.0. The second-order valence-corrected chi connectivity index (χ2v) is 5.71. The van der Waals surface area contributed by atoms with Crippen molar-refractivity contribution in [3.63, 3.8) is 0 Å². The van der Waals surface area contributed by atoms with Crippen molar-refractivity contribution in [3.8, 4) is 11.1 Å². The molecule has 0 spiro atoms. The van der Waals surface area contributed by atoms with Crippen LogP contribution in [-0.4, -0.2) is 18.0 Å². The maximum absolute atomic E-state index is 13.6. The Morgan fingerprint density at radius 2 is 1.62 bits per heavy atom. The molecule has 0 saturated heterocycles. The number of halogens is 2. The minimum absolute atomic E-state index is 0.288. The van der Waals surface area contributed by atoms with Gasteiger partial charge < -0.3 is 4.74 Å². The van der Waals surface area contributed by atoms with E-state index in [0.29, 0.717) is 23.6 Å². The number of rotatable bonds is 2. The minimum atomic E-state index is -0.351. The molecule has 1 heterocycles. The third-order valence-electron chi connectivity index (χ3n) is 3.33. The molecule has 0 fully saturated rings. The summed E-state index contributed by atoms with van der Waals surface area (Å²) in [5, 5.41) is 0. The largest absolute Gasteiger partial charge is 0.475 e. The predicted octanol–water partition coefficient (Wildman–Crippen LogP) is 4.19. The van der Waals surface area contributed by atoms with E-state index in [1.165, 1.54) is 24.3 Å². The second kappa shape index (κ2) is 4.95. The Morgan fingerprint density at radius 3 is 2.24 bits per heavy atom. The van der Waals surface area contributed by atoms with Crippen molar-refractivity contribution < 1.29 is 13.5 Å². The molecule has 0 aromatic heterocycles. The lowest BCUT2D eigenvalue weighted by Gasteiger charge is -2.10. The Morgan fingerprint density at radius 1 is 0.952 bits per heavy atom. The van der Waals surface area contributed by atoms with Crippen molar-refractivity contribution in [2.45, 2.75) is 19.4 Å². The van der Waals surface area contributed by atoms with Crippen molar-refractivity contribution in [1.29, 1.82) is 0 Å². The number of aliphatic imine (C=N–C) groups is 1. The summed E-state index contributed by atoms with van der Waals surface area (Å²) in [6.45, 7) is 4.44. The number of hydrogen-bond acceptors (Lipinski definition) is 2. The van der Waals surface area contributed by atoms with E-state index in [2.05, 4.69) is 4.99 Å². The van der Waals surface area contributed by atoms with E-state index in [0.717, 1.165) is 5.56 Å². The molecule has 1 aliphatic heterocycles. The Kier molecular flexibility index (Phi) is 3.24. The summed E-state index contributed by atoms with van der Waals surface area (Å²) in [6, 6.07) is 10.4. The maximum atomic E-state index is 13.6. The van der Waals surface area contributed by atoms with E-state index in [9.17, 15) is 8.78 Å². The molecular weight excluding hydrogens is 272 g/mol. The molecule has 2 aromatic carbocycles. The zero-order valence-corrected chi connectivity index (χ0v) is 11.9. The molecule has 4 heteroatoms. The predicted molar refractivity (Wildman–Crippen MR) is 78.4 cm³/mol. The number of ether oxygens (including phenoxy) is 1. The van der Waals surface area contributed by atoms with Crippen LogP contribution in [0.3, 0.4) is 0 Å². The summed E-state index contributed by atoms with van der Waals surface area (Å²) in [5.74, 6) is -0.178. The topological polar surface area (TPSA) is 21.6 Å². The standard InChI is InChI=1S/C17H15F2NO/c1-17(2)10-21-16(20-17)14-8-7-13(19)9-15(14)11-3-5-12(18)6-4-11/h3-9H,10H2,1-2H3. The highest BCUT2D eigenvalue weighted by atomic mass is 19.1. The Hall–Kier alpha value is -2.23. The first-order chi connectivity index (χ1) is 9.94. The molecule has 0 saturated carbocycles. The summed E-state index contributed by atoms with van der Waals surface area (Å²) in [6.07, 6.45) is 0. The Balaban J connectivity index is 2.12. The monoisotopic (exact) mass is 287 g/mol. The summed E-state index contributed by atoms with van der Waals surface area (Å²) < 4.78 is 32.3. The van der Waals surface area contributed by atoms with E-state index in [-0.39, 0.29) is 17.2 Å². The fourth-order valence-electron chi connectivity index (χ4n) is 2.29. The van der Waals surface area contributed by atoms with Gasteiger partial charge in [-0.15, -0.1) is 0 Å². The van der Waals surface area contributed by atoms with Crippen LogP contribution in [0.2, 0.25) is 0 Å². The van der Waals surface area contributed by atoms with Gasteiger partial charge in [-0.05, 0) is 55.3 Å². The molecule has 0 N–H and O–H groups in total. The lowest BCUT2D eigenvalue weighted by atomic mass is 9.99. The molecule has 2 nitrogen and oxygen atoms in total. The molecule has 0 unspecified atom stereocenters. The second-order valence-electron chi connectivity index (χ2n) is 5.71. The molecule has 21 heavy (non-hydrogen) atoms. The molecule has 0 atom stereocenters. The van der Waals surface area contributed by atoms with Gasteiger partial charge in [0, 0.05) is 5.56 Å². The van der Waals surface area contributed by atoms with E-state index in [1.54, 1.807) is 18.2 Å². The van der Waals surface area contributed by atoms with Gasteiger partial charge in [0.15, 0.2) is 0 Å². The average molecular weight is 287 g/mol. The van der Waals surface area contributed by atoms with Crippen LogP contribution in [0.1, 0.15) is 19.4 Å². The highest BCUT2D eigenvalue weighted by Gasteiger charge is 2.28. The maximum Gasteiger partial charge on any atom is 0.217 e. The SMILES string of the molecule is CC1(C)COC(c2ccc(F)cc2-c2ccc(F)cc2)=N1. The van der Waals surface area contributed by atoms with E-state index >= 15 is 0 Å². The van der Waals surface area contributed by atoms with Gasteiger partial charge in [0.05, 0.1) is 5.54 Å². The number of benzene rings is 2. The highest BCUT2D eigenvalue weighted by molar-refractivity contribution is 6.01. The van der Waals surface area contributed by atoms with Crippen LogP contribution in [0.25, 0.3) is 11.1 Å². The molecule has 0 aliphatic carbocycles. The van der Waals surface area contributed by atoms with E-state index in [1.807, 2.05) is 13.8 Å². The van der Waals surface area contributed by atoms with Gasteiger partial charge in [-0.1, -0.05) is 12.1 Å². The van der Waals surface area contributed by atoms with Crippen LogP contribution in [0, 0.1) is 11.6 Å². The molecule has 3 rings (SSSR count). The fraction of sp³-hybridized carbons (Fsp3) is 0.235. The molecule has 108 valence electrons. The minimum Gasteiger partial charge on any atom is -0.475 e. The third kappa shape index (κ3) is 2.79. The lowest BCUT2D eigenvalue weighted by molar-refractivity contribution is 0.279. The Bertz CT molecular complexity index is 705. The summed E-state index contributed by atoms with van der Waals surface area (Å²) in [5.41, 5.74) is 1.80. The first-order valence-corrected chi connectivity index (χ1v) is 6.73. The smallest absolute Gasteiger partial charge is 0.217 e. The molecular formula is C17H15F2NO. The summed E-state index contributed by atoms with van der Waals surface area (Å²) >= 11 is 0. The van der Waals surface area contributed by atoms with Crippen LogP contribution in [0.4, 0.5) is 8.78 Å². The first kappa shape index (κ1) is 13.7. The highest BCUT2D eigenvalue weighted by Crippen LogP contribution is 2.29. The van der Waals surface area contributed by atoms with Crippen molar-refractivity contribution in [2.24, 2.45) is 4.99 Å². The van der Waals surface area contributed by atoms with E-state index < -0.39 is 0 Å². The van der Waals surface area contributed by atoms with Crippen LogP contribution in [0.5, 0.6) is 0 Å². The average Bonchev–Trinajstić information content (AvgIpc) is 2.80. The van der Waals surface area contributed by atoms with Crippen LogP contribution in [-0.2, 0) is 4.74 Å². The molecule has 0 amide bonds. The van der Waals surface area contributed by atoms with Crippen molar-refractivity contribution >= 4 is 5.90 Å². The van der Waals surface area contributed by atoms with Gasteiger partial charge >= 0.3 is 0 Å². The number of hydrogen-bond donors (Lipinski definition) is 0. The molecule has 1 aliphatic rings. The normalized spacial score (nSPS) is 16.5. The quantitative estimate of drug-likeness (QED) is 0.811. The fourth-order valence-corrected chi connectivity index (χ4v) is 2.29. The van der Waals surface area contributed by atoms with E-state index in [4.69, 9.17) is 4.74 Å². The van der Waals surface area contributed by atoms with Crippen LogP contribution < -0.4 is 0 Å². The summed E-state index contributed by atoms with van der Waals surface area (Å²) in [4.78, 5) is 4.52.